The highest BCUT2D eigenvalue weighted by molar-refractivity contribution is 7.89. The summed E-state index contributed by atoms with van der Waals surface area (Å²) in [7, 11) is -1.75. The number of ether oxygens (including phenoxy) is 1. The molecule has 1 aliphatic rings. The van der Waals surface area contributed by atoms with Crippen molar-refractivity contribution < 1.29 is 13.2 Å². The molecule has 142 valence electrons. The Hall–Kier alpha value is -1.94. The first-order chi connectivity index (χ1) is 12.0. The molecule has 1 aromatic heterocycles. The summed E-state index contributed by atoms with van der Waals surface area (Å²) in [5.74, 6) is 1.26. The lowest BCUT2D eigenvalue weighted by atomic mass is 10.1. The van der Waals surface area contributed by atoms with Crippen molar-refractivity contribution in [2.75, 3.05) is 19.6 Å². The van der Waals surface area contributed by atoms with E-state index < -0.39 is 10.0 Å². The van der Waals surface area contributed by atoms with Gasteiger partial charge in [-0.15, -0.1) is 12.4 Å². The molecular formula is C16H22ClN5O3S. The van der Waals surface area contributed by atoms with E-state index in [9.17, 15) is 8.42 Å². The van der Waals surface area contributed by atoms with Crippen LogP contribution in [0, 0.1) is 0 Å². The molecule has 2 aromatic rings. The fraction of sp³-hybridized carbons (Fsp3) is 0.375. The van der Waals surface area contributed by atoms with Gasteiger partial charge in [0.1, 0.15) is 18.7 Å². The molecule has 0 radical (unpaired) electrons. The van der Waals surface area contributed by atoms with Crippen LogP contribution in [0.3, 0.4) is 0 Å². The maximum absolute atomic E-state index is 12.4. The molecule has 0 spiro atoms. The Labute approximate surface area is 159 Å². The first kappa shape index (κ1) is 20.4. The normalized spacial score (nSPS) is 14.4. The van der Waals surface area contributed by atoms with Crippen molar-refractivity contribution >= 4 is 22.4 Å². The molecule has 0 saturated carbocycles. The SMILES string of the molecule is Cl.Cn1ncnc1COc1ccc(S(=O)(=O)NCC2=CCNCC2)cc1. The molecule has 10 heteroatoms. The Morgan fingerprint density at radius 1 is 1.31 bits per heavy atom. The molecule has 0 amide bonds. The van der Waals surface area contributed by atoms with Gasteiger partial charge < -0.3 is 10.1 Å². The average Bonchev–Trinajstić information content (AvgIpc) is 3.04. The summed E-state index contributed by atoms with van der Waals surface area (Å²) in [4.78, 5) is 4.28. The molecule has 0 aliphatic carbocycles. The average molecular weight is 400 g/mol. The summed E-state index contributed by atoms with van der Waals surface area (Å²) in [6.07, 6.45) is 4.34. The molecule has 1 aromatic carbocycles. The number of halogens is 1. The number of rotatable bonds is 7. The molecule has 1 aliphatic heterocycles. The van der Waals surface area contributed by atoms with Crippen molar-refractivity contribution in [1.29, 1.82) is 0 Å². The first-order valence-corrected chi connectivity index (χ1v) is 9.47. The third-order valence-corrected chi connectivity index (χ3v) is 5.37. The third kappa shape index (κ3) is 5.28. The summed E-state index contributed by atoms with van der Waals surface area (Å²) >= 11 is 0. The number of nitrogens with one attached hydrogen (secondary N) is 2. The van der Waals surface area contributed by atoms with Gasteiger partial charge >= 0.3 is 0 Å². The van der Waals surface area contributed by atoms with Gasteiger partial charge in [-0.3, -0.25) is 4.68 Å². The summed E-state index contributed by atoms with van der Waals surface area (Å²) in [5, 5.41) is 7.16. The summed E-state index contributed by atoms with van der Waals surface area (Å²) in [6, 6.07) is 6.33. The maximum Gasteiger partial charge on any atom is 0.240 e. The lowest BCUT2D eigenvalue weighted by Crippen LogP contribution is -2.29. The molecule has 0 unspecified atom stereocenters. The topological polar surface area (TPSA) is 98.1 Å². The molecule has 2 heterocycles. The van der Waals surface area contributed by atoms with Crippen molar-refractivity contribution in [3.8, 4) is 5.75 Å². The number of hydrogen-bond donors (Lipinski definition) is 2. The van der Waals surface area contributed by atoms with E-state index in [1.807, 2.05) is 6.08 Å². The first-order valence-electron chi connectivity index (χ1n) is 7.98. The van der Waals surface area contributed by atoms with Crippen molar-refractivity contribution in [1.82, 2.24) is 24.8 Å². The summed E-state index contributed by atoms with van der Waals surface area (Å²) < 4.78 is 34.6. The highest BCUT2D eigenvalue weighted by Crippen LogP contribution is 2.17. The van der Waals surface area contributed by atoms with Crippen LogP contribution in [-0.4, -0.2) is 42.8 Å². The molecule has 8 nitrogen and oxygen atoms in total. The monoisotopic (exact) mass is 399 g/mol. The van der Waals surface area contributed by atoms with Gasteiger partial charge in [0, 0.05) is 20.1 Å². The van der Waals surface area contributed by atoms with Crippen LogP contribution in [0.15, 0.2) is 47.1 Å². The van der Waals surface area contributed by atoms with Crippen LogP contribution in [0.25, 0.3) is 0 Å². The Balaban J connectivity index is 0.00000243. The molecule has 2 N–H and O–H groups in total. The minimum atomic E-state index is -3.53. The second kappa shape index (κ2) is 9.13. The van der Waals surface area contributed by atoms with Crippen LogP contribution in [0.5, 0.6) is 5.75 Å². The van der Waals surface area contributed by atoms with Gasteiger partial charge in [-0.1, -0.05) is 11.6 Å². The van der Waals surface area contributed by atoms with E-state index in [0.717, 1.165) is 25.1 Å². The molecule has 0 atom stereocenters. The number of aryl methyl sites for hydroxylation is 1. The van der Waals surface area contributed by atoms with E-state index in [2.05, 4.69) is 20.1 Å². The fourth-order valence-electron chi connectivity index (χ4n) is 2.41. The second-order valence-corrected chi connectivity index (χ2v) is 7.47. The molecule has 26 heavy (non-hydrogen) atoms. The molecule has 0 saturated heterocycles. The van der Waals surface area contributed by atoms with Crippen LogP contribution in [0.1, 0.15) is 12.2 Å². The molecule has 0 fully saturated rings. The highest BCUT2D eigenvalue weighted by Gasteiger charge is 2.15. The summed E-state index contributed by atoms with van der Waals surface area (Å²) in [6.45, 7) is 2.27. The van der Waals surface area contributed by atoms with Crippen LogP contribution in [-0.2, 0) is 23.7 Å². The Kier molecular flexibility index (Phi) is 7.15. The Morgan fingerprint density at radius 2 is 2.08 bits per heavy atom. The van der Waals surface area contributed by atoms with Crippen LogP contribution >= 0.6 is 12.4 Å². The van der Waals surface area contributed by atoms with Gasteiger partial charge in [-0.2, -0.15) is 5.10 Å². The molecule has 3 rings (SSSR count). The number of hydrogen-bond acceptors (Lipinski definition) is 6. The number of sulfonamides is 1. The smallest absolute Gasteiger partial charge is 0.240 e. The lowest BCUT2D eigenvalue weighted by Gasteiger charge is -2.15. The number of benzene rings is 1. The predicted molar refractivity (Wildman–Crippen MR) is 99.8 cm³/mol. The minimum Gasteiger partial charge on any atom is -0.486 e. The van der Waals surface area contributed by atoms with E-state index in [4.69, 9.17) is 4.74 Å². The van der Waals surface area contributed by atoms with Crippen molar-refractivity contribution in [2.24, 2.45) is 7.05 Å². The van der Waals surface area contributed by atoms with Gasteiger partial charge in [-0.05, 0) is 37.2 Å². The zero-order chi connectivity index (χ0) is 17.7. The quantitative estimate of drug-likeness (QED) is 0.674. The van der Waals surface area contributed by atoms with Crippen molar-refractivity contribution in [3.05, 3.63) is 48.1 Å². The van der Waals surface area contributed by atoms with Gasteiger partial charge in [0.05, 0.1) is 4.90 Å². The Morgan fingerprint density at radius 3 is 2.69 bits per heavy atom. The predicted octanol–water partition coefficient (Wildman–Crippen LogP) is 1.01. The fourth-order valence-corrected chi connectivity index (χ4v) is 3.45. The van der Waals surface area contributed by atoms with Crippen molar-refractivity contribution in [2.45, 2.75) is 17.9 Å². The molecule has 0 bridgehead atoms. The van der Waals surface area contributed by atoms with Crippen LogP contribution in [0.2, 0.25) is 0 Å². The van der Waals surface area contributed by atoms with E-state index in [0.29, 0.717) is 18.1 Å². The van der Waals surface area contributed by atoms with Gasteiger partial charge in [0.25, 0.3) is 0 Å². The van der Waals surface area contributed by atoms with E-state index in [1.165, 1.54) is 18.5 Å². The zero-order valence-electron chi connectivity index (χ0n) is 14.4. The zero-order valence-corrected chi connectivity index (χ0v) is 16.0. The van der Waals surface area contributed by atoms with Gasteiger partial charge in [-0.25, -0.2) is 18.1 Å². The number of aromatic nitrogens is 3. The van der Waals surface area contributed by atoms with Gasteiger partial charge in [0.2, 0.25) is 10.0 Å². The van der Waals surface area contributed by atoms with Crippen molar-refractivity contribution in [3.63, 3.8) is 0 Å². The van der Waals surface area contributed by atoms with E-state index in [-0.39, 0.29) is 23.9 Å². The number of nitrogens with zero attached hydrogens (tertiary/aromatic N) is 3. The largest absolute Gasteiger partial charge is 0.486 e. The summed E-state index contributed by atoms with van der Waals surface area (Å²) in [5.41, 5.74) is 1.10. The maximum atomic E-state index is 12.4. The standard InChI is InChI=1S/C16H21N5O3S.ClH/c1-21-16(18-12-19-21)11-24-14-2-4-15(5-3-14)25(22,23)20-10-13-6-8-17-9-7-13;/h2-6,12,17,20H,7-11H2,1H3;1H. The van der Waals surface area contributed by atoms with Crippen LogP contribution in [0.4, 0.5) is 0 Å². The van der Waals surface area contributed by atoms with Crippen LogP contribution < -0.4 is 14.8 Å². The lowest BCUT2D eigenvalue weighted by molar-refractivity contribution is 0.289. The van der Waals surface area contributed by atoms with E-state index in [1.54, 1.807) is 23.9 Å². The van der Waals surface area contributed by atoms with E-state index >= 15 is 0 Å². The second-order valence-electron chi connectivity index (χ2n) is 5.70. The highest BCUT2D eigenvalue weighted by atomic mass is 35.5. The minimum absolute atomic E-state index is 0. The molecular weight excluding hydrogens is 378 g/mol. The third-order valence-electron chi connectivity index (χ3n) is 3.95. The Bertz CT molecular complexity index is 849. The van der Waals surface area contributed by atoms with Gasteiger partial charge in [0.15, 0.2) is 5.82 Å².